The van der Waals surface area contributed by atoms with E-state index in [2.05, 4.69) is 21.2 Å². The van der Waals surface area contributed by atoms with Crippen LogP contribution >= 0.6 is 15.9 Å². The van der Waals surface area contributed by atoms with E-state index in [1.54, 1.807) is 0 Å². The first-order valence-corrected chi connectivity index (χ1v) is 6.55. The lowest BCUT2D eigenvalue weighted by atomic mass is 10.1. The molecule has 1 aromatic rings. The standard InChI is InChI=1S/C13H16BrNO3/c1-9(10-5-7-11(14)8-6-10)15-12(16)3-2-4-13(17)18/h5-9H,2-4H2,1H3,(H,15,16)(H,17,18)/t9-/m0/s1. The molecule has 0 unspecified atom stereocenters. The number of halogens is 1. The zero-order chi connectivity index (χ0) is 13.5. The number of amides is 1. The van der Waals surface area contributed by atoms with Gasteiger partial charge >= 0.3 is 5.97 Å². The molecule has 0 aliphatic heterocycles. The number of aliphatic carboxylic acids is 1. The lowest BCUT2D eigenvalue weighted by Crippen LogP contribution is -2.26. The molecule has 0 fully saturated rings. The molecular weight excluding hydrogens is 298 g/mol. The summed E-state index contributed by atoms with van der Waals surface area (Å²) in [6.07, 6.45) is 0.640. The molecule has 0 saturated carbocycles. The largest absolute Gasteiger partial charge is 0.481 e. The van der Waals surface area contributed by atoms with Crippen LogP contribution in [0.5, 0.6) is 0 Å². The van der Waals surface area contributed by atoms with Crippen molar-refractivity contribution in [2.45, 2.75) is 32.2 Å². The van der Waals surface area contributed by atoms with Gasteiger partial charge in [-0.3, -0.25) is 9.59 Å². The molecule has 98 valence electrons. The maximum Gasteiger partial charge on any atom is 0.303 e. The Morgan fingerprint density at radius 3 is 2.44 bits per heavy atom. The van der Waals surface area contributed by atoms with Crippen molar-refractivity contribution >= 4 is 27.8 Å². The molecule has 1 aromatic carbocycles. The van der Waals surface area contributed by atoms with Crippen molar-refractivity contribution in [1.29, 1.82) is 0 Å². The van der Waals surface area contributed by atoms with E-state index in [0.29, 0.717) is 6.42 Å². The first-order chi connectivity index (χ1) is 8.49. The molecule has 0 spiro atoms. The number of nitrogens with one attached hydrogen (secondary N) is 1. The van der Waals surface area contributed by atoms with Crippen LogP contribution < -0.4 is 5.32 Å². The highest BCUT2D eigenvalue weighted by Gasteiger charge is 2.09. The van der Waals surface area contributed by atoms with Crippen LogP contribution in [0, 0.1) is 0 Å². The van der Waals surface area contributed by atoms with Gasteiger partial charge in [-0.05, 0) is 31.0 Å². The predicted molar refractivity (Wildman–Crippen MR) is 72.2 cm³/mol. The van der Waals surface area contributed by atoms with E-state index < -0.39 is 5.97 Å². The first kappa shape index (κ1) is 14.7. The minimum Gasteiger partial charge on any atom is -0.481 e. The second-order valence-electron chi connectivity index (χ2n) is 4.09. The average Bonchev–Trinajstić information content (AvgIpc) is 2.29. The average molecular weight is 314 g/mol. The number of benzene rings is 1. The van der Waals surface area contributed by atoms with Gasteiger partial charge in [0.15, 0.2) is 0 Å². The number of carbonyl (C=O) groups is 2. The third kappa shape index (κ3) is 5.31. The van der Waals surface area contributed by atoms with Crippen molar-refractivity contribution in [3.8, 4) is 0 Å². The van der Waals surface area contributed by atoms with Gasteiger partial charge in [-0.25, -0.2) is 0 Å². The van der Waals surface area contributed by atoms with Gasteiger partial charge in [0.1, 0.15) is 0 Å². The van der Waals surface area contributed by atoms with Crippen LogP contribution in [0.15, 0.2) is 28.7 Å². The smallest absolute Gasteiger partial charge is 0.303 e. The monoisotopic (exact) mass is 313 g/mol. The molecule has 0 aromatic heterocycles. The quantitative estimate of drug-likeness (QED) is 0.848. The van der Waals surface area contributed by atoms with E-state index in [0.717, 1.165) is 10.0 Å². The van der Waals surface area contributed by atoms with E-state index in [9.17, 15) is 9.59 Å². The van der Waals surface area contributed by atoms with Crippen LogP contribution in [-0.4, -0.2) is 17.0 Å². The van der Waals surface area contributed by atoms with Crippen molar-refractivity contribution in [1.82, 2.24) is 5.32 Å². The summed E-state index contributed by atoms with van der Waals surface area (Å²) in [5.74, 6) is -0.990. The molecule has 4 nitrogen and oxygen atoms in total. The second-order valence-corrected chi connectivity index (χ2v) is 5.00. The van der Waals surface area contributed by atoms with Crippen LogP contribution in [0.25, 0.3) is 0 Å². The zero-order valence-electron chi connectivity index (χ0n) is 10.1. The van der Waals surface area contributed by atoms with Crippen LogP contribution in [0.3, 0.4) is 0 Å². The molecule has 2 N–H and O–H groups in total. The van der Waals surface area contributed by atoms with Gasteiger partial charge in [-0.1, -0.05) is 28.1 Å². The number of rotatable bonds is 6. The molecule has 0 radical (unpaired) electrons. The molecule has 0 bridgehead atoms. The topological polar surface area (TPSA) is 66.4 Å². The lowest BCUT2D eigenvalue weighted by molar-refractivity contribution is -0.137. The summed E-state index contributed by atoms with van der Waals surface area (Å²) in [6, 6.07) is 7.64. The molecule has 0 aliphatic carbocycles. The highest BCUT2D eigenvalue weighted by atomic mass is 79.9. The SMILES string of the molecule is C[C@H](NC(=O)CCCC(=O)O)c1ccc(Br)cc1. The minimum absolute atomic E-state index is 0.0279. The van der Waals surface area contributed by atoms with Crippen molar-refractivity contribution in [3.05, 3.63) is 34.3 Å². The molecule has 5 heteroatoms. The fraction of sp³-hybridized carbons (Fsp3) is 0.385. The Balaban J connectivity index is 2.39. The first-order valence-electron chi connectivity index (χ1n) is 5.75. The fourth-order valence-electron chi connectivity index (χ4n) is 1.55. The number of carboxylic acids is 1. The van der Waals surface area contributed by atoms with Gasteiger partial charge in [0, 0.05) is 17.3 Å². The Labute approximate surface area is 115 Å². The van der Waals surface area contributed by atoms with Gasteiger partial charge in [0.2, 0.25) is 5.91 Å². The Morgan fingerprint density at radius 2 is 1.89 bits per heavy atom. The van der Waals surface area contributed by atoms with E-state index in [4.69, 9.17) is 5.11 Å². The summed E-state index contributed by atoms with van der Waals surface area (Å²) in [5.41, 5.74) is 1.02. The molecule has 18 heavy (non-hydrogen) atoms. The summed E-state index contributed by atoms with van der Waals surface area (Å²) in [5, 5.41) is 11.3. The lowest BCUT2D eigenvalue weighted by Gasteiger charge is -2.14. The van der Waals surface area contributed by atoms with Crippen molar-refractivity contribution < 1.29 is 14.7 Å². The minimum atomic E-state index is -0.872. The number of carboxylic acid groups (broad SMARTS) is 1. The van der Waals surface area contributed by atoms with Crippen LogP contribution in [0.4, 0.5) is 0 Å². The summed E-state index contributed by atoms with van der Waals surface area (Å²) < 4.78 is 0.992. The third-order valence-electron chi connectivity index (χ3n) is 2.54. The molecule has 0 heterocycles. The number of hydrogen-bond donors (Lipinski definition) is 2. The number of carbonyl (C=O) groups excluding carboxylic acids is 1. The summed E-state index contributed by atoms with van der Waals surface area (Å²) in [7, 11) is 0. The van der Waals surface area contributed by atoms with E-state index in [-0.39, 0.29) is 24.8 Å². The van der Waals surface area contributed by atoms with Gasteiger partial charge in [-0.15, -0.1) is 0 Å². The number of hydrogen-bond acceptors (Lipinski definition) is 2. The summed E-state index contributed by atoms with van der Waals surface area (Å²) in [6.45, 7) is 1.90. The maximum atomic E-state index is 11.6. The fourth-order valence-corrected chi connectivity index (χ4v) is 1.81. The molecule has 1 atom stereocenters. The molecular formula is C13H16BrNO3. The van der Waals surface area contributed by atoms with Crippen molar-refractivity contribution in [2.75, 3.05) is 0 Å². The van der Waals surface area contributed by atoms with Crippen LogP contribution in [0.2, 0.25) is 0 Å². The van der Waals surface area contributed by atoms with Gasteiger partial charge in [-0.2, -0.15) is 0 Å². The molecule has 0 saturated heterocycles. The maximum absolute atomic E-state index is 11.6. The van der Waals surface area contributed by atoms with E-state index in [1.165, 1.54) is 0 Å². The van der Waals surface area contributed by atoms with Gasteiger partial charge in [0.05, 0.1) is 6.04 Å². The van der Waals surface area contributed by atoms with Crippen LogP contribution in [0.1, 0.15) is 37.8 Å². The highest BCUT2D eigenvalue weighted by Crippen LogP contribution is 2.16. The Kier molecular flexibility index (Phi) is 5.85. The van der Waals surface area contributed by atoms with Crippen molar-refractivity contribution in [2.24, 2.45) is 0 Å². The highest BCUT2D eigenvalue weighted by molar-refractivity contribution is 9.10. The second kappa shape index (κ2) is 7.16. The van der Waals surface area contributed by atoms with E-state index >= 15 is 0 Å². The van der Waals surface area contributed by atoms with Crippen molar-refractivity contribution in [3.63, 3.8) is 0 Å². The van der Waals surface area contributed by atoms with Crippen LogP contribution in [-0.2, 0) is 9.59 Å². The molecule has 1 rings (SSSR count). The summed E-state index contributed by atoms with van der Waals surface area (Å²) >= 11 is 3.35. The normalized spacial score (nSPS) is 11.9. The van der Waals surface area contributed by atoms with Gasteiger partial charge in [0.25, 0.3) is 0 Å². The molecule has 1 amide bonds. The molecule has 0 aliphatic rings. The Morgan fingerprint density at radius 1 is 1.28 bits per heavy atom. The Hall–Kier alpha value is -1.36. The summed E-state index contributed by atoms with van der Waals surface area (Å²) in [4.78, 5) is 21.9. The third-order valence-corrected chi connectivity index (χ3v) is 3.07. The zero-order valence-corrected chi connectivity index (χ0v) is 11.7. The van der Waals surface area contributed by atoms with E-state index in [1.807, 2.05) is 31.2 Å². The predicted octanol–water partition coefficient (Wildman–Crippen LogP) is 2.88. The Bertz CT molecular complexity index is 417. The van der Waals surface area contributed by atoms with Gasteiger partial charge < -0.3 is 10.4 Å².